The third-order valence-electron chi connectivity index (χ3n) is 3.26. The lowest BCUT2D eigenvalue weighted by Crippen LogP contribution is -2.45. The first kappa shape index (κ1) is 17.1. The van der Waals surface area contributed by atoms with Crippen LogP contribution in [0.5, 0.6) is 0 Å². The highest BCUT2D eigenvalue weighted by Gasteiger charge is 2.05. The fourth-order valence-electron chi connectivity index (χ4n) is 1.87. The Balaban J connectivity index is 1.86. The molecule has 0 aliphatic heterocycles. The van der Waals surface area contributed by atoms with Crippen LogP contribution in [0, 0.1) is 19.7 Å². The van der Waals surface area contributed by atoms with Crippen LogP contribution in [0.4, 0.5) is 15.8 Å². The fourth-order valence-corrected chi connectivity index (χ4v) is 2.19. The third-order valence-corrected chi connectivity index (χ3v) is 3.67. The van der Waals surface area contributed by atoms with E-state index in [-0.39, 0.29) is 10.9 Å². The summed E-state index contributed by atoms with van der Waals surface area (Å²) in [6.07, 6.45) is 0. The molecule has 2 aromatic carbocycles. The molecule has 120 valence electrons. The number of halogens is 1. The van der Waals surface area contributed by atoms with Crippen LogP contribution in [-0.4, -0.2) is 10.2 Å². The molecule has 2 rings (SSSR count). The molecular weight excluding hydrogens is 331 g/mol. The zero-order chi connectivity index (χ0) is 16.8. The lowest BCUT2D eigenvalue weighted by molar-refractivity contribution is 0.632. The third kappa shape index (κ3) is 4.87. The van der Waals surface area contributed by atoms with Crippen LogP contribution in [0.2, 0.25) is 0 Å². The average molecular weight is 348 g/mol. The molecule has 0 aliphatic carbocycles. The number of hydrazine groups is 1. The van der Waals surface area contributed by atoms with Gasteiger partial charge in [0.25, 0.3) is 0 Å². The van der Waals surface area contributed by atoms with E-state index < -0.39 is 0 Å². The molecule has 0 saturated heterocycles. The summed E-state index contributed by atoms with van der Waals surface area (Å²) in [5.74, 6) is -0.382. The number of rotatable bonds is 2. The van der Waals surface area contributed by atoms with E-state index in [1.54, 1.807) is 18.2 Å². The lowest BCUT2D eigenvalue weighted by Gasteiger charge is -2.16. The Bertz CT molecular complexity index is 734. The number of nitrogens with one attached hydrogen (secondary N) is 4. The molecule has 0 unspecified atom stereocenters. The molecule has 0 atom stereocenters. The van der Waals surface area contributed by atoms with Gasteiger partial charge in [0.05, 0.1) is 5.69 Å². The van der Waals surface area contributed by atoms with Crippen molar-refractivity contribution in [1.82, 2.24) is 10.9 Å². The van der Waals surface area contributed by atoms with Crippen molar-refractivity contribution in [3.05, 3.63) is 59.4 Å². The van der Waals surface area contributed by atoms with Crippen LogP contribution >= 0.6 is 24.4 Å². The second-order valence-electron chi connectivity index (χ2n) is 4.89. The van der Waals surface area contributed by atoms with Crippen LogP contribution in [0.1, 0.15) is 11.1 Å². The maximum atomic E-state index is 13.5. The van der Waals surface area contributed by atoms with Gasteiger partial charge in [0.15, 0.2) is 10.2 Å². The summed E-state index contributed by atoms with van der Waals surface area (Å²) in [5, 5.41) is 6.39. The molecule has 0 aromatic heterocycles. The van der Waals surface area contributed by atoms with E-state index in [1.165, 1.54) is 11.6 Å². The molecule has 0 radical (unpaired) electrons. The molecule has 4 N–H and O–H groups in total. The van der Waals surface area contributed by atoms with Gasteiger partial charge in [-0.2, -0.15) is 0 Å². The van der Waals surface area contributed by atoms with E-state index in [1.807, 2.05) is 32.0 Å². The summed E-state index contributed by atoms with van der Waals surface area (Å²) in [4.78, 5) is 0. The average Bonchev–Trinajstić information content (AvgIpc) is 2.52. The molecule has 0 spiro atoms. The van der Waals surface area contributed by atoms with E-state index in [0.717, 1.165) is 11.3 Å². The zero-order valence-electron chi connectivity index (χ0n) is 12.7. The second kappa shape index (κ2) is 7.85. The largest absolute Gasteiger partial charge is 0.331 e. The topological polar surface area (TPSA) is 48.1 Å². The summed E-state index contributed by atoms with van der Waals surface area (Å²) >= 11 is 10.3. The van der Waals surface area contributed by atoms with Crippen molar-refractivity contribution < 1.29 is 4.39 Å². The summed E-state index contributed by atoms with van der Waals surface area (Å²) in [7, 11) is 0. The summed E-state index contributed by atoms with van der Waals surface area (Å²) in [6.45, 7) is 4.04. The van der Waals surface area contributed by atoms with E-state index >= 15 is 0 Å². The van der Waals surface area contributed by atoms with Crippen LogP contribution in [-0.2, 0) is 0 Å². The summed E-state index contributed by atoms with van der Waals surface area (Å²) in [6, 6.07) is 12.2. The normalized spacial score (nSPS) is 9.87. The maximum Gasteiger partial charge on any atom is 0.189 e. The van der Waals surface area contributed by atoms with Crippen molar-refractivity contribution >= 4 is 46.0 Å². The van der Waals surface area contributed by atoms with Crippen LogP contribution in [0.3, 0.4) is 0 Å². The number of thiocarbonyl (C=S) groups is 2. The smallest absolute Gasteiger partial charge is 0.189 e. The first-order chi connectivity index (χ1) is 11.0. The lowest BCUT2D eigenvalue weighted by atomic mass is 10.1. The first-order valence-electron chi connectivity index (χ1n) is 6.92. The number of para-hydroxylation sites is 1. The van der Waals surface area contributed by atoms with Gasteiger partial charge in [0.1, 0.15) is 5.82 Å². The van der Waals surface area contributed by atoms with Gasteiger partial charge in [-0.25, -0.2) is 4.39 Å². The molecule has 0 heterocycles. The Morgan fingerprint density at radius 2 is 1.39 bits per heavy atom. The van der Waals surface area contributed by atoms with E-state index in [2.05, 4.69) is 21.5 Å². The minimum absolute atomic E-state index is 0.209. The highest BCUT2D eigenvalue weighted by atomic mass is 32.1. The van der Waals surface area contributed by atoms with Gasteiger partial charge in [0.2, 0.25) is 0 Å². The Hall–Kier alpha value is -2.25. The van der Waals surface area contributed by atoms with Crippen LogP contribution < -0.4 is 21.5 Å². The van der Waals surface area contributed by atoms with E-state index in [9.17, 15) is 4.39 Å². The predicted octanol–water partition coefficient (Wildman–Crippen LogP) is 3.63. The van der Waals surface area contributed by atoms with Crippen molar-refractivity contribution in [3.63, 3.8) is 0 Å². The number of hydrogen-bond donors (Lipinski definition) is 4. The van der Waals surface area contributed by atoms with Crippen molar-refractivity contribution in [2.45, 2.75) is 13.8 Å². The molecule has 0 fully saturated rings. The molecule has 0 amide bonds. The highest BCUT2D eigenvalue weighted by Crippen LogP contribution is 2.17. The highest BCUT2D eigenvalue weighted by molar-refractivity contribution is 7.81. The van der Waals surface area contributed by atoms with Gasteiger partial charge in [-0.15, -0.1) is 0 Å². The van der Waals surface area contributed by atoms with Gasteiger partial charge in [-0.1, -0.05) is 24.3 Å². The molecule has 4 nitrogen and oxygen atoms in total. The zero-order valence-corrected chi connectivity index (χ0v) is 14.4. The van der Waals surface area contributed by atoms with E-state index in [0.29, 0.717) is 10.8 Å². The van der Waals surface area contributed by atoms with Crippen molar-refractivity contribution in [2.24, 2.45) is 0 Å². The standard InChI is InChI=1S/C16H17FN4S2/c1-10-6-5-9-13(11(10)2)18-15(22)20-21-16(23)19-14-8-4-3-7-12(14)17/h3-9H,1-2H3,(H2,18,20,22)(H2,19,21,23). The number of hydrogen-bond acceptors (Lipinski definition) is 2. The number of aryl methyl sites for hydroxylation is 1. The van der Waals surface area contributed by atoms with Crippen molar-refractivity contribution in [3.8, 4) is 0 Å². The van der Waals surface area contributed by atoms with Crippen molar-refractivity contribution in [2.75, 3.05) is 10.6 Å². The molecule has 0 saturated carbocycles. The summed E-state index contributed by atoms with van der Waals surface area (Å²) < 4.78 is 13.5. The maximum absolute atomic E-state index is 13.5. The minimum Gasteiger partial charge on any atom is -0.331 e. The minimum atomic E-state index is -0.382. The van der Waals surface area contributed by atoms with Crippen molar-refractivity contribution in [1.29, 1.82) is 0 Å². The molecule has 2 aromatic rings. The first-order valence-corrected chi connectivity index (χ1v) is 7.74. The van der Waals surface area contributed by atoms with E-state index in [4.69, 9.17) is 24.4 Å². The summed E-state index contributed by atoms with van der Waals surface area (Å²) in [5.41, 5.74) is 8.96. The fraction of sp³-hybridized carbons (Fsp3) is 0.125. The molecule has 0 bridgehead atoms. The van der Waals surface area contributed by atoms with Crippen LogP contribution in [0.25, 0.3) is 0 Å². The molecular formula is C16H17FN4S2. The Morgan fingerprint density at radius 1 is 0.826 bits per heavy atom. The van der Waals surface area contributed by atoms with Gasteiger partial charge in [-0.05, 0) is 67.6 Å². The number of anilines is 2. The SMILES string of the molecule is Cc1cccc(NC(=S)NNC(=S)Nc2ccccc2F)c1C. The van der Waals surface area contributed by atoms with Gasteiger partial charge >= 0.3 is 0 Å². The quantitative estimate of drug-likeness (QED) is 0.491. The second-order valence-corrected chi connectivity index (χ2v) is 5.70. The van der Waals surface area contributed by atoms with Gasteiger partial charge < -0.3 is 10.6 Å². The van der Waals surface area contributed by atoms with Crippen LogP contribution in [0.15, 0.2) is 42.5 Å². The molecule has 7 heteroatoms. The Morgan fingerprint density at radius 3 is 2.04 bits per heavy atom. The molecule has 23 heavy (non-hydrogen) atoms. The van der Waals surface area contributed by atoms with Gasteiger partial charge in [0, 0.05) is 5.69 Å². The monoisotopic (exact) mass is 348 g/mol. The number of benzene rings is 2. The predicted molar refractivity (Wildman–Crippen MR) is 101 cm³/mol. The Kier molecular flexibility index (Phi) is 5.84. The Labute approximate surface area is 145 Å². The van der Waals surface area contributed by atoms with Gasteiger partial charge in [-0.3, -0.25) is 10.9 Å². The molecule has 0 aliphatic rings.